The van der Waals surface area contributed by atoms with Crippen molar-refractivity contribution < 1.29 is 19.0 Å². The largest absolute Gasteiger partial charge is 0.493 e. The topological polar surface area (TPSA) is 56.8 Å². The van der Waals surface area contributed by atoms with Crippen LogP contribution >= 0.6 is 0 Å². The van der Waals surface area contributed by atoms with Crippen LogP contribution in [0, 0.1) is 0 Å². The van der Waals surface area contributed by atoms with Gasteiger partial charge in [-0.15, -0.1) is 0 Å². The first-order valence-corrected chi connectivity index (χ1v) is 7.32. The third kappa shape index (κ3) is 5.63. The summed E-state index contributed by atoms with van der Waals surface area (Å²) in [5, 5.41) is 3.42. The average Bonchev–Trinajstić information content (AvgIpc) is 2.50. The maximum Gasteiger partial charge on any atom is 0.344 e. The van der Waals surface area contributed by atoms with E-state index in [0.717, 1.165) is 18.5 Å². The highest BCUT2D eigenvalue weighted by molar-refractivity contribution is 5.71. The highest BCUT2D eigenvalue weighted by atomic mass is 16.6. The normalized spacial score (nSPS) is 11.8. The molecule has 0 amide bonds. The molecule has 118 valence electrons. The number of esters is 1. The van der Waals surface area contributed by atoms with Gasteiger partial charge in [0, 0.05) is 6.04 Å². The second kappa shape index (κ2) is 9.23. The molecule has 1 aromatic carbocycles. The summed E-state index contributed by atoms with van der Waals surface area (Å²) < 4.78 is 15.6. The Balaban J connectivity index is 2.72. The van der Waals surface area contributed by atoms with Crippen LogP contribution in [-0.4, -0.2) is 32.8 Å². The van der Waals surface area contributed by atoms with Gasteiger partial charge >= 0.3 is 5.97 Å². The molecular weight excluding hydrogens is 270 g/mol. The molecule has 1 N–H and O–H groups in total. The Labute approximate surface area is 126 Å². The average molecular weight is 295 g/mol. The van der Waals surface area contributed by atoms with Gasteiger partial charge in [0.2, 0.25) is 0 Å². The van der Waals surface area contributed by atoms with Gasteiger partial charge in [-0.05, 0) is 44.5 Å². The van der Waals surface area contributed by atoms with Crippen molar-refractivity contribution in [1.29, 1.82) is 0 Å². The van der Waals surface area contributed by atoms with Crippen molar-refractivity contribution in [3.63, 3.8) is 0 Å². The number of carbonyl (C=O) groups excluding carboxylic acids is 1. The molecule has 0 saturated heterocycles. The molecule has 0 aromatic heterocycles. The Hall–Kier alpha value is -1.75. The maximum absolute atomic E-state index is 11.3. The molecule has 5 nitrogen and oxygen atoms in total. The minimum atomic E-state index is -0.387. The molecule has 1 unspecified atom stereocenters. The van der Waals surface area contributed by atoms with Gasteiger partial charge in [-0.2, -0.15) is 0 Å². The maximum atomic E-state index is 11.3. The van der Waals surface area contributed by atoms with Crippen molar-refractivity contribution in [2.24, 2.45) is 0 Å². The molecule has 21 heavy (non-hydrogen) atoms. The zero-order chi connectivity index (χ0) is 15.7. The van der Waals surface area contributed by atoms with Gasteiger partial charge in [-0.25, -0.2) is 4.79 Å². The summed E-state index contributed by atoms with van der Waals surface area (Å²) in [5.41, 5.74) is 1.11. The number of benzene rings is 1. The molecule has 0 radical (unpaired) electrons. The van der Waals surface area contributed by atoms with E-state index >= 15 is 0 Å². The number of methoxy groups -OCH3 is 1. The van der Waals surface area contributed by atoms with E-state index in [1.54, 1.807) is 14.0 Å². The Morgan fingerprint density at radius 2 is 2.05 bits per heavy atom. The fourth-order valence-corrected chi connectivity index (χ4v) is 1.89. The van der Waals surface area contributed by atoms with Crippen LogP contribution in [0.2, 0.25) is 0 Å². The summed E-state index contributed by atoms with van der Waals surface area (Å²) in [6, 6.07) is 5.94. The molecule has 0 aliphatic rings. The van der Waals surface area contributed by atoms with Crippen LogP contribution in [0.25, 0.3) is 0 Å². The summed E-state index contributed by atoms with van der Waals surface area (Å²) in [7, 11) is 1.58. The Morgan fingerprint density at radius 3 is 2.67 bits per heavy atom. The van der Waals surface area contributed by atoms with Gasteiger partial charge in [-0.1, -0.05) is 13.0 Å². The number of carbonyl (C=O) groups is 1. The van der Waals surface area contributed by atoms with Gasteiger partial charge < -0.3 is 19.5 Å². The molecule has 0 bridgehead atoms. The molecule has 0 heterocycles. The first kappa shape index (κ1) is 17.3. The molecule has 0 spiro atoms. The highest BCUT2D eigenvalue weighted by Crippen LogP contribution is 2.30. The van der Waals surface area contributed by atoms with Crippen molar-refractivity contribution in [3.8, 4) is 11.5 Å². The Bertz CT molecular complexity index is 448. The Morgan fingerprint density at radius 1 is 1.29 bits per heavy atom. The van der Waals surface area contributed by atoms with Crippen LogP contribution in [0.15, 0.2) is 18.2 Å². The van der Waals surface area contributed by atoms with Gasteiger partial charge in [0.25, 0.3) is 0 Å². The molecule has 1 atom stereocenters. The number of ether oxygens (including phenoxy) is 3. The second-order valence-electron chi connectivity index (χ2n) is 4.68. The van der Waals surface area contributed by atoms with E-state index in [4.69, 9.17) is 14.2 Å². The summed E-state index contributed by atoms with van der Waals surface area (Å²) in [6.45, 7) is 7.19. The standard InChI is InChI=1S/C16H25NO4/c1-5-9-17-12(3)13-7-8-14(15(10-13)19-4)21-11-16(18)20-6-2/h7-8,10,12,17H,5-6,9,11H2,1-4H3. The summed E-state index contributed by atoms with van der Waals surface area (Å²) >= 11 is 0. The lowest BCUT2D eigenvalue weighted by Gasteiger charge is -2.16. The van der Waals surface area contributed by atoms with Crippen LogP contribution in [0.4, 0.5) is 0 Å². The zero-order valence-corrected chi connectivity index (χ0v) is 13.3. The predicted octanol–water partition coefficient (Wildman–Crippen LogP) is 2.70. The van der Waals surface area contributed by atoms with Gasteiger partial charge in [0.15, 0.2) is 18.1 Å². The second-order valence-corrected chi connectivity index (χ2v) is 4.68. The van der Waals surface area contributed by atoms with E-state index < -0.39 is 0 Å². The number of hydrogen-bond donors (Lipinski definition) is 1. The van der Waals surface area contributed by atoms with Gasteiger partial charge in [-0.3, -0.25) is 0 Å². The first-order chi connectivity index (χ1) is 10.1. The van der Waals surface area contributed by atoms with Crippen LogP contribution in [0.3, 0.4) is 0 Å². The van der Waals surface area contributed by atoms with Crippen molar-refractivity contribution in [1.82, 2.24) is 5.32 Å². The molecule has 1 rings (SSSR count). The van der Waals surface area contributed by atoms with Crippen LogP contribution in [0.1, 0.15) is 38.8 Å². The SMILES string of the molecule is CCCNC(C)c1ccc(OCC(=O)OCC)c(OC)c1. The van der Waals surface area contributed by atoms with Crippen molar-refractivity contribution >= 4 is 5.97 Å². The van der Waals surface area contributed by atoms with Crippen molar-refractivity contribution in [2.45, 2.75) is 33.2 Å². The van der Waals surface area contributed by atoms with Crippen molar-refractivity contribution in [2.75, 3.05) is 26.9 Å². The number of nitrogens with one attached hydrogen (secondary N) is 1. The minimum Gasteiger partial charge on any atom is -0.493 e. The van der Waals surface area contributed by atoms with E-state index in [2.05, 4.69) is 19.2 Å². The molecule has 1 aromatic rings. The van der Waals surface area contributed by atoms with Gasteiger partial charge in [0.1, 0.15) is 0 Å². The summed E-state index contributed by atoms with van der Waals surface area (Å²) in [4.78, 5) is 11.3. The molecule has 0 fully saturated rings. The lowest BCUT2D eigenvalue weighted by molar-refractivity contribution is -0.145. The first-order valence-electron chi connectivity index (χ1n) is 7.32. The fourth-order valence-electron chi connectivity index (χ4n) is 1.89. The summed E-state index contributed by atoms with van der Waals surface area (Å²) in [5.74, 6) is 0.764. The smallest absolute Gasteiger partial charge is 0.344 e. The lowest BCUT2D eigenvalue weighted by Crippen LogP contribution is -2.19. The van der Waals surface area contributed by atoms with Crippen LogP contribution < -0.4 is 14.8 Å². The number of rotatable bonds is 9. The summed E-state index contributed by atoms with van der Waals surface area (Å²) in [6.07, 6.45) is 1.09. The monoisotopic (exact) mass is 295 g/mol. The minimum absolute atomic E-state index is 0.118. The third-order valence-corrected chi connectivity index (χ3v) is 3.04. The molecular formula is C16H25NO4. The lowest BCUT2D eigenvalue weighted by atomic mass is 10.1. The third-order valence-electron chi connectivity index (χ3n) is 3.04. The van der Waals surface area contributed by atoms with Crippen LogP contribution in [-0.2, 0) is 9.53 Å². The molecule has 0 aliphatic heterocycles. The molecule has 0 aliphatic carbocycles. The van der Waals surface area contributed by atoms with E-state index in [1.165, 1.54) is 0 Å². The highest BCUT2D eigenvalue weighted by Gasteiger charge is 2.11. The van der Waals surface area contributed by atoms with Gasteiger partial charge in [0.05, 0.1) is 13.7 Å². The van der Waals surface area contributed by atoms with E-state index in [-0.39, 0.29) is 18.6 Å². The predicted molar refractivity (Wildman–Crippen MR) is 81.8 cm³/mol. The van der Waals surface area contributed by atoms with Crippen LogP contribution in [0.5, 0.6) is 11.5 Å². The molecule has 5 heteroatoms. The fraction of sp³-hybridized carbons (Fsp3) is 0.562. The quantitative estimate of drug-likeness (QED) is 0.710. The zero-order valence-electron chi connectivity index (χ0n) is 13.3. The molecule has 0 saturated carbocycles. The Kier molecular flexibility index (Phi) is 7.61. The van der Waals surface area contributed by atoms with Crippen molar-refractivity contribution in [3.05, 3.63) is 23.8 Å². The number of hydrogen-bond acceptors (Lipinski definition) is 5. The van der Waals surface area contributed by atoms with E-state index in [0.29, 0.717) is 18.1 Å². The van der Waals surface area contributed by atoms with E-state index in [9.17, 15) is 4.79 Å². The van der Waals surface area contributed by atoms with E-state index in [1.807, 2.05) is 18.2 Å².